The number of hydrogen-bond acceptors (Lipinski definition) is 13. The van der Waals surface area contributed by atoms with Crippen LogP contribution in [0.3, 0.4) is 0 Å². The minimum atomic E-state index is -5.37. The van der Waals surface area contributed by atoms with Crippen molar-refractivity contribution < 1.29 is 57.1 Å². The van der Waals surface area contributed by atoms with E-state index in [-0.39, 0.29) is 22.9 Å². The number of aromatic nitrogens is 4. The van der Waals surface area contributed by atoms with Gasteiger partial charge in [-0.15, -0.1) is 0 Å². The molecule has 1 saturated heterocycles. The van der Waals surface area contributed by atoms with Gasteiger partial charge in [0.05, 0.1) is 12.9 Å². The van der Waals surface area contributed by atoms with Crippen molar-refractivity contribution in [2.75, 3.05) is 23.6 Å². The second-order valence-corrected chi connectivity index (χ2v) is 15.2. The Hall–Kier alpha value is -2.82. The van der Waals surface area contributed by atoms with Gasteiger partial charge in [0.25, 0.3) is 0 Å². The fraction of sp³-hybridized carbons (Fsp3) is 0.318. The van der Waals surface area contributed by atoms with Crippen LogP contribution in [0.4, 0.5) is 11.8 Å². The van der Waals surface area contributed by atoms with Crippen LogP contribution in [-0.2, 0) is 33.8 Å². The summed E-state index contributed by atoms with van der Waals surface area (Å²) in [6, 6.07) is 13.7. The van der Waals surface area contributed by atoms with Gasteiger partial charge in [0.2, 0.25) is 5.95 Å². The van der Waals surface area contributed by atoms with Crippen molar-refractivity contribution in [1.29, 1.82) is 0 Å². The number of nitrogens with zero attached hydrogens (tertiary/aromatic N) is 4. The number of nitrogens with one attached hydrogen (secondary N) is 1. The first kappa shape index (κ1) is 31.6. The lowest BCUT2D eigenvalue weighted by molar-refractivity contribution is -0.0501. The number of nitrogen functional groups attached to an aromatic ring is 1. The third-order valence-electron chi connectivity index (χ3n) is 6.37. The zero-order chi connectivity index (χ0) is 31.2. The molecule has 3 heterocycles. The number of benzene rings is 2. The van der Waals surface area contributed by atoms with Gasteiger partial charge >= 0.3 is 23.0 Å². The SMILES string of the molecule is Nc1nc(NCc2cccc3ccccc23)nc2c1ncn2[C@@H]1O[C@H](COP(=O)(O)OP(=O)(O)CP(=O)(O)O)[C@@H](O)[C@H]1O. The minimum Gasteiger partial charge on any atom is -0.387 e. The second kappa shape index (κ2) is 11.9. The summed E-state index contributed by atoms with van der Waals surface area (Å²) in [4.78, 5) is 49.8. The number of phosphoric ester groups is 1. The first-order valence-corrected chi connectivity index (χ1v) is 17.5. The number of aliphatic hydroxyl groups is 2. The lowest BCUT2D eigenvalue weighted by Crippen LogP contribution is -2.33. The van der Waals surface area contributed by atoms with Gasteiger partial charge < -0.3 is 45.6 Å². The molecule has 0 amide bonds. The van der Waals surface area contributed by atoms with Gasteiger partial charge in [-0.05, 0) is 16.3 Å². The molecule has 6 atom stereocenters. The van der Waals surface area contributed by atoms with Gasteiger partial charge in [0, 0.05) is 6.54 Å². The molecular formula is C22H27N6O12P3. The van der Waals surface area contributed by atoms with E-state index in [2.05, 4.69) is 29.1 Å². The molecule has 2 unspecified atom stereocenters. The van der Waals surface area contributed by atoms with E-state index in [1.54, 1.807) is 0 Å². The van der Waals surface area contributed by atoms with Crippen LogP contribution in [-0.4, -0.2) is 80.1 Å². The zero-order valence-electron chi connectivity index (χ0n) is 21.9. The van der Waals surface area contributed by atoms with Crippen molar-refractivity contribution in [3.8, 4) is 0 Å². The van der Waals surface area contributed by atoms with Crippen molar-refractivity contribution in [2.24, 2.45) is 0 Å². The summed E-state index contributed by atoms with van der Waals surface area (Å²) in [6.45, 7) is -0.584. The Morgan fingerprint density at radius 2 is 1.72 bits per heavy atom. The molecule has 21 heteroatoms. The molecule has 0 bridgehead atoms. The van der Waals surface area contributed by atoms with Crippen molar-refractivity contribution in [1.82, 2.24) is 19.5 Å². The van der Waals surface area contributed by atoms with E-state index in [0.717, 1.165) is 16.3 Å². The van der Waals surface area contributed by atoms with Crippen molar-refractivity contribution in [3.63, 3.8) is 0 Å². The van der Waals surface area contributed by atoms with E-state index in [1.165, 1.54) is 10.9 Å². The van der Waals surface area contributed by atoms with Crippen molar-refractivity contribution in [3.05, 3.63) is 54.4 Å². The summed E-state index contributed by atoms with van der Waals surface area (Å²) >= 11 is 0. The van der Waals surface area contributed by atoms with Crippen molar-refractivity contribution >= 4 is 56.7 Å². The van der Waals surface area contributed by atoms with Crippen LogP contribution in [0.25, 0.3) is 21.9 Å². The van der Waals surface area contributed by atoms with E-state index in [0.29, 0.717) is 6.54 Å². The molecule has 1 aliphatic rings. The van der Waals surface area contributed by atoms with Gasteiger partial charge in [-0.25, -0.2) is 13.9 Å². The number of phosphoric acid groups is 1. The van der Waals surface area contributed by atoms with Crippen LogP contribution >= 0.6 is 23.0 Å². The molecule has 2 aromatic heterocycles. The van der Waals surface area contributed by atoms with Gasteiger partial charge in [0.15, 0.2) is 23.6 Å². The van der Waals surface area contributed by atoms with E-state index in [1.807, 2.05) is 42.5 Å². The molecule has 0 aliphatic carbocycles. The number of hydrogen-bond donors (Lipinski definition) is 8. The maximum Gasteiger partial charge on any atom is 0.479 e. The first-order chi connectivity index (χ1) is 20.1. The third-order valence-corrected chi connectivity index (χ3v) is 11.6. The lowest BCUT2D eigenvalue weighted by Gasteiger charge is -2.19. The second-order valence-electron chi connectivity index (χ2n) is 9.58. The molecule has 18 nitrogen and oxygen atoms in total. The monoisotopic (exact) mass is 660 g/mol. The molecule has 43 heavy (non-hydrogen) atoms. The number of imidazole rings is 1. The summed E-state index contributed by atoms with van der Waals surface area (Å²) in [5.74, 6) is -1.58. The number of rotatable bonds is 11. The number of ether oxygens (including phenoxy) is 1. The predicted molar refractivity (Wildman–Crippen MR) is 151 cm³/mol. The maximum absolute atomic E-state index is 12.1. The summed E-state index contributed by atoms with van der Waals surface area (Å²) in [5, 5.41) is 26.4. The summed E-state index contributed by atoms with van der Waals surface area (Å²) in [7, 11) is -15.7. The molecule has 0 radical (unpaired) electrons. The Labute approximate surface area is 242 Å². The molecule has 1 aliphatic heterocycles. The largest absolute Gasteiger partial charge is 0.479 e. The number of anilines is 2. The fourth-order valence-electron chi connectivity index (χ4n) is 4.53. The highest BCUT2D eigenvalue weighted by molar-refractivity contribution is 7.73. The Bertz CT molecular complexity index is 1800. The molecule has 5 rings (SSSR count). The average Bonchev–Trinajstić information content (AvgIpc) is 3.45. The standard InChI is InChI=1S/C22H27N6O12P3/c23-19-16-20(27-22(26-19)24-8-13-6-3-5-12-4-1-2-7-14(12)13)28(10-25-16)21-18(30)17(29)15(39-21)9-38-43(36,37)40-42(34,35)11-41(31,32)33/h1-7,10,15,17-18,21,29-30H,8-9,11H2,(H,34,35)(H,36,37)(H2,31,32,33)(H3,23,24,26,27)/t15-,17-,18-,21-/m1/s1. The van der Waals surface area contributed by atoms with Crippen LogP contribution < -0.4 is 11.1 Å². The topological polar surface area (TPSA) is 282 Å². The number of nitrogens with two attached hydrogens (primary N) is 1. The fourth-order valence-corrected chi connectivity index (χ4v) is 8.88. The van der Waals surface area contributed by atoms with Crippen LogP contribution in [0.5, 0.6) is 0 Å². The van der Waals surface area contributed by atoms with Crippen molar-refractivity contribution in [2.45, 2.75) is 31.1 Å². The molecule has 9 N–H and O–H groups in total. The number of aliphatic hydroxyl groups excluding tert-OH is 2. The van der Waals surface area contributed by atoms with Gasteiger partial charge in [-0.3, -0.25) is 18.2 Å². The highest BCUT2D eigenvalue weighted by atomic mass is 31.3. The summed E-state index contributed by atoms with van der Waals surface area (Å²) in [6.07, 6.45) is -4.90. The summed E-state index contributed by atoms with van der Waals surface area (Å²) < 4.78 is 50.4. The molecule has 2 aromatic carbocycles. The number of fused-ring (bicyclic) bond motifs is 2. The van der Waals surface area contributed by atoms with Crippen LogP contribution in [0.15, 0.2) is 48.8 Å². The van der Waals surface area contributed by atoms with Crippen LogP contribution in [0, 0.1) is 0 Å². The Morgan fingerprint density at radius 3 is 2.47 bits per heavy atom. The normalized spacial score (nSPS) is 23.8. The molecule has 232 valence electrons. The van der Waals surface area contributed by atoms with Gasteiger partial charge in [0.1, 0.15) is 23.8 Å². The van der Waals surface area contributed by atoms with Gasteiger partial charge in [-0.1, -0.05) is 42.5 Å². The average molecular weight is 660 g/mol. The predicted octanol–water partition coefficient (Wildman–Crippen LogP) is 1.25. The van der Waals surface area contributed by atoms with Crippen LogP contribution in [0.2, 0.25) is 0 Å². The van der Waals surface area contributed by atoms with Crippen LogP contribution in [0.1, 0.15) is 11.8 Å². The maximum atomic E-state index is 12.1. The lowest BCUT2D eigenvalue weighted by atomic mass is 10.0. The Kier molecular flexibility index (Phi) is 8.77. The highest BCUT2D eigenvalue weighted by Gasteiger charge is 2.46. The van der Waals surface area contributed by atoms with E-state index in [4.69, 9.17) is 20.3 Å². The minimum absolute atomic E-state index is 0.0131. The summed E-state index contributed by atoms with van der Waals surface area (Å²) in [5.41, 5.74) is 7.36. The molecular weight excluding hydrogens is 633 g/mol. The van der Waals surface area contributed by atoms with E-state index >= 15 is 0 Å². The first-order valence-electron chi connectivity index (χ1n) is 12.4. The molecule has 0 saturated carbocycles. The highest BCUT2D eigenvalue weighted by Crippen LogP contribution is 2.65. The third kappa shape index (κ3) is 7.29. The smallest absolute Gasteiger partial charge is 0.387 e. The Balaban J connectivity index is 1.30. The zero-order valence-corrected chi connectivity index (χ0v) is 24.6. The van der Waals surface area contributed by atoms with E-state index in [9.17, 15) is 33.7 Å². The van der Waals surface area contributed by atoms with Gasteiger partial charge in [-0.2, -0.15) is 9.97 Å². The molecule has 0 spiro atoms. The quantitative estimate of drug-likeness (QED) is 0.105. The van der Waals surface area contributed by atoms with E-state index < -0.39 is 60.1 Å². The molecule has 1 fully saturated rings. The Morgan fingerprint density at radius 1 is 1.00 bits per heavy atom. The molecule has 4 aromatic rings.